The molecule has 0 fully saturated rings. The van der Waals surface area contributed by atoms with Gasteiger partial charge in [-0.15, -0.1) is 0 Å². The number of rotatable bonds is 4. The van der Waals surface area contributed by atoms with Crippen LogP contribution < -0.4 is 10.0 Å². The van der Waals surface area contributed by atoms with Gasteiger partial charge in [0.15, 0.2) is 0 Å². The Morgan fingerprint density at radius 3 is 2.55 bits per heavy atom. The van der Waals surface area contributed by atoms with Gasteiger partial charge in [0.25, 0.3) is 10.0 Å². The second-order valence-corrected chi connectivity index (χ2v) is 7.09. The highest BCUT2D eigenvalue weighted by Gasteiger charge is 2.18. The van der Waals surface area contributed by atoms with Gasteiger partial charge in [-0.2, -0.15) is 0 Å². The van der Waals surface area contributed by atoms with Gasteiger partial charge in [-0.25, -0.2) is 27.9 Å². The largest absolute Gasteiger partial charge is 0.335 e. The van der Waals surface area contributed by atoms with Crippen LogP contribution in [-0.4, -0.2) is 24.4 Å². The van der Waals surface area contributed by atoms with Crippen molar-refractivity contribution < 1.29 is 13.2 Å². The molecule has 0 aliphatic carbocycles. The van der Waals surface area contributed by atoms with Crippen LogP contribution in [0.25, 0.3) is 0 Å². The van der Waals surface area contributed by atoms with Crippen LogP contribution in [0.5, 0.6) is 0 Å². The van der Waals surface area contributed by atoms with Gasteiger partial charge in [0, 0.05) is 11.5 Å². The quantitative estimate of drug-likeness (QED) is 0.698. The van der Waals surface area contributed by atoms with E-state index < -0.39 is 16.1 Å². The first kappa shape index (κ1) is 16.8. The maximum atomic E-state index is 12.0. The number of carbonyl (C=O) groups excluding carboxylic acids is 1. The van der Waals surface area contributed by atoms with E-state index in [0.29, 0.717) is 15.5 Å². The van der Waals surface area contributed by atoms with Gasteiger partial charge in [0.2, 0.25) is 5.95 Å². The van der Waals surface area contributed by atoms with Crippen LogP contribution in [0.1, 0.15) is 5.69 Å². The summed E-state index contributed by atoms with van der Waals surface area (Å²) in [5, 5.41) is 2.73. The average molecular weight is 450 g/mol. The highest BCUT2D eigenvalue weighted by Crippen LogP contribution is 2.17. The Morgan fingerprint density at radius 2 is 1.91 bits per heavy atom. The number of hydrogen-bond acceptors (Lipinski definition) is 5. The van der Waals surface area contributed by atoms with Crippen molar-refractivity contribution in [3.8, 4) is 0 Å². The topological polar surface area (TPSA) is 101 Å². The molecule has 22 heavy (non-hydrogen) atoms. The van der Waals surface area contributed by atoms with Crippen molar-refractivity contribution in [3.05, 3.63) is 46.7 Å². The molecule has 1 aromatic carbocycles. The standard InChI is InChI=1S/C12H10Br2N4O3S/c13-6-10-9(14)7-15-11(16-10)17-12(19)18-22(20,21)8-4-2-1-3-5-8/h1-5,7H,6H2,(H2,15,16,17,18,19). The predicted molar refractivity (Wildman–Crippen MR) is 88.1 cm³/mol. The Kier molecular flexibility index (Phi) is 5.48. The lowest BCUT2D eigenvalue weighted by Gasteiger charge is -2.08. The number of benzene rings is 1. The second kappa shape index (κ2) is 7.16. The number of nitrogens with zero attached hydrogens (tertiary/aromatic N) is 2. The summed E-state index contributed by atoms with van der Waals surface area (Å²) in [5.74, 6) is -0.00147. The molecule has 116 valence electrons. The van der Waals surface area contributed by atoms with E-state index in [2.05, 4.69) is 47.1 Å². The number of anilines is 1. The third kappa shape index (κ3) is 4.24. The molecule has 10 heteroatoms. The number of carbonyl (C=O) groups is 1. The maximum Gasteiger partial charge on any atom is 0.335 e. The Balaban J connectivity index is 2.10. The fourth-order valence-electron chi connectivity index (χ4n) is 1.46. The Morgan fingerprint density at radius 1 is 1.23 bits per heavy atom. The van der Waals surface area contributed by atoms with E-state index in [-0.39, 0.29) is 10.8 Å². The monoisotopic (exact) mass is 448 g/mol. The highest BCUT2D eigenvalue weighted by molar-refractivity contribution is 9.10. The van der Waals surface area contributed by atoms with Crippen molar-refractivity contribution in [1.82, 2.24) is 14.7 Å². The van der Waals surface area contributed by atoms with E-state index in [1.807, 2.05) is 4.72 Å². The van der Waals surface area contributed by atoms with Gasteiger partial charge in [0.05, 0.1) is 15.1 Å². The van der Waals surface area contributed by atoms with E-state index in [1.54, 1.807) is 18.2 Å². The Hall–Kier alpha value is -1.52. The fourth-order valence-corrected chi connectivity index (χ4v) is 3.53. The molecular formula is C12H10Br2N4O3S. The van der Waals surface area contributed by atoms with Crippen LogP contribution >= 0.6 is 31.9 Å². The molecule has 0 aliphatic heterocycles. The first-order chi connectivity index (χ1) is 10.4. The molecule has 0 saturated carbocycles. The van der Waals surface area contributed by atoms with E-state index in [1.165, 1.54) is 18.3 Å². The summed E-state index contributed by atoms with van der Waals surface area (Å²) in [4.78, 5) is 19.7. The number of aromatic nitrogens is 2. The van der Waals surface area contributed by atoms with Gasteiger partial charge in [-0.1, -0.05) is 34.1 Å². The zero-order valence-electron chi connectivity index (χ0n) is 11.0. The molecule has 0 radical (unpaired) electrons. The lowest BCUT2D eigenvalue weighted by atomic mass is 10.4. The first-order valence-electron chi connectivity index (χ1n) is 5.88. The third-order valence-electron chi connectivity index (χ3n) is 2.45. The minimum Gasteiger partial charge on any atom is -0.275 e. The molecule has 2 N–H and O–H groups in total. The van der Waals surface area contributed by atoms with Gasteiger partial charge in [-0.05, 0) is 28.1 Å². The molecule has 0 atom stereocenters. The molecule has 0 spiro atoms. The lowest BCUT2D eigenvalue weighted by molar-refractivity contribution is 0.256. The van der Waals surface area contributed by atoms with Crippen LogP contribution in [0.3, 0.4) is 0 Å². The highest BCUT2D eigenvalue weighted by atomic mass is 79.9. The van der Waals surface area contributed by atoms with Gasteiger partial charge >= 0.3 is 6.03 Å². The van der Waals surface area contributed by atoms with Gasteiger partial charge in [0.1, 0.15) is 0 Å². The summed E-state index contributed by atoms with van der Waals surface area (Å²) in [6.07, 6.45) is 1.46. The molecule has 2 amide bonds. The minimum absolute atomic E-state index is 0.00147. The number of amides is 2. The number of nitrogens with one attached hydrogen (secondary N) is 2. The summed E-state index contributed by atoms with van der Waals surface area (Å²) >= 11 is 6.50. The average Bonchev–Trinajstić information content (AvgIpc) is 2.49. The number of urea groups is 1. The number of halogens is 2. The van der Waals surface area contributed by atoms with Crippen LogP contribution in [0, 0.1) is 0 Å². The SMILES string of the molecule is O=C(Nc1ncc(Br)c(CBr)n1)NS(=O)(=O)c1ccccc1. The van der Waals surface area contributed by atoms with Crippen molar-refractivity contribution >= 4 is 53.9 Å². The first-order valence-corrected chi connectivity index (χ1v) is 9.28. The minimum atomic E-state index is -3.94. The molecular weight excluding hydrogens is 440 g/mol. The molecule has 0 saturated heterocycles. The number of hydrogen-bond donors (Lipinski definition) is 2. The predicted octanol–water partition coefficient (Wildman–Crippen LogP) is 2.64. The summed E-state index contributed by atoms with van der Waals surface area (Å²) in [7, 11) is -3.94. The molecule has 1 aromatic heterocycles. The zero-order chi connectivity index (χ0) is 16.2. The van der Waals surface area contributed by atoms with E-state index in [9.17, 15) is 13.2 Å². The zero-order valence-corrected chi connectivity index (χ0v) is 14.9. The Labute approximate surface area is 143 Å². The Bertz CT molecular complexity index is 784. The van der Waals surface area contributed by atoms with E-state index in [4.69, 9.17) is 0 Å². The number of alkyl halides is 1. The van der Waals surface area contributed by atoms with Crippen LogP contribution in [-0.2, 0) is 15.4 Å². The fraction of sp³-hybridized carbons (Fsp3) is 0.0833. The molecule has 0 bridgehead atoms. The van der Waals surface area contributed by atoms with Crippen LogP contribution in [0.4, 0.5) is 10.7 Å². The molecule has 1 heterocycles. The summed E-state index contributed by atoms with van der Waals surface area (Å²) < 4.78 is 26.5. The van der Waals surface area contributed by atoms with E-state index >= 15 is 0 Å². The third-order valence-corrected chi connectivity index (χ3v) is 4.99. The molecule has 0 unspecified atom stereocenters. The van der Waals surface area contributed by atoms with Crippen LogP contribution in [0.2, 0.25) is 0 Å². The van der Waals surface area contributed by atoms with Crippen molar-refractivity contribution in [2.75, 3.05) is 5.32 Å². The smallest absolute Gasteiger partial charge is 0.275 e. The van der Waals surface area contributed by atoms with Gasteiger partial charge < -0.3 is 0 Å². The molecule has 0 aliphatic rings. The van der Waals surface area contributed by atoms with Crippen molar-refractivity contribution in [3.63, 3.8) is 0 Å². The summed E-state index contributed by atoms with van der Waals surface area (Å²) in [5.41, 5.74) is 0.621. The second-order valence-electron chi connectivity index (χ2n) is 3.99. The lowest BCUT2D eigenvalue weighted by Crippen LogP contribution is -2.34. The van der Waals surface area contributed by atoms with E-state index in [0.717, 1.165) is 0 Å². The molecule has 2 aromatic rings. The summed E-state index contributed by atoms with van der Waals surface area (Å²) in [6.45, 7) is 0. The van der Waals surface area contributed by atoms with Gasteiger partial charge in [-0.3, -0.25) is 5.32 Å². The normalized spacial score (nSPS) is 11.0. The molecule has 2 rings (SSSR count). The molecule has 7 nitrogen and oxygen atoms in total. The summed E-state index contributed by atoms with van der Waals surface area (Å²) in [6, 6.07) is 6.63. The van der Waals surface area contributed by atoms with Crippen molar-refractivity contribution in [2.24, 2.45) is 0 Å². The van der Waals surface area contributed by atoms with Crippen LogP contribution in [0.15, 0.2) is 45.9 Å². The van der Waals surface area contributed by atoms with Crippen molar-refractivity contribution in [1.29, 1.82) is 0 Å². The maximum absolute atomic E-state index is 12.0. The number of sulfonamides is 1. The van der Waals surface area contributed by atoms with Crippen molar-refractivity contribution in [2.45, 2.75) is 10.2 Å².